The normalized spacial score (nSPS) is 15.2. The number of sulfonamides is 1. The van der Waals surface area contributed by atoms with Crippen LogP contribution < -0.4 is 19.5 Å². The molecule has 1 aliphatic rings. The van der Waals surface area contributed by atoms with Gasteiger partial charge >= 0.3 is 5.76 Å². The average molecular weight is 548 g/mol. The Balaban J connectivity index is 1.57. The van der Waals surface area contributed by atoms with Crippen LogP contribution in [0, 0.1) is 17.5 Å². The van der Waals surface area contributed by atoms with E-state index in [4.69, 9.17) is 13.9 Å². The Morgan fingerprint density at radius 1 is 1.08 bits per heavy atom. The second-order valence-corrected chi connectivity index (χ2v) is 10.3. The Bertz CT molecular complexity index is 1670. The minimum atomic E-state index is -4.31. The highest BCUT2D eigenvalue weighted by Gasteiger charge is 2.35. The van der Waals surface area contributed by atoms with Crippen LogP contribution in [0.3, 0.4) is 0 Å². The summed E-state index contributed by atoms with van der Waals surface area (Å²) in [5.41, 5.74) is 0.235. The Labute approximate surface area is 214 Å². The van der Waals surface area contributed by atoms with Gasteiger partial charge in [-0.05, 0) is 54.4 Å². The molecule has 2 heterocycles. The average Bonchev–Trinajstić information content (AvgIpc) is 3.33. The zero-order valence-electron chi connectivity index (χ0n) is 19.8. The first-order valence-corrected chi connectivity index (χ1v) is 12.8. The van der Waals surface area contributed by atoms with E-state index in [1.165, 1.54) is 25.3 Å². The number of methoxy groups -OCH3 is 1. The fourth-order valence-electron chi connectivity index (χ4n) is 4.16. The van der Waals surface area contributed by atoms with Crippen LogP contribution in [-0.2, 0) is 16.4 Å². The third-order valence-electron chi connectivity index (χ3n) is 6.00. The van der Waals surface area contributed by atoms with E-state index in [2.05, 4.69) is 10.2 Å². The van der Waals surface area contributed by atoms with Crippen molar-refractivity contribution in [2.24, 2.45) is 0 Å². The van der Waals surface area contributed by atoms with E-state index in [0.717, 1.165) is 40.7 Å². The van der Waals surface area contributed by atoms with Gasteiger partial charge in [-0.2, -0.15) is 0 Å². The summed E-state index contributed by atoms with van der Waals surface area (Å²) >= 11 is 0. The molecule has 1 atom stereocenters. The molecule has 0 aliphatic carbocycles. The SMILES string of the molecule is COc1cc(S(=O)(=O)N2C[C@H](CCc3n[nH]c(=O)o3)Oc3ccc(-c4cc(F)ccc4F)cc32)ccc1F. The van der Waals surface area contributed by atoms with Gasteiger partial charge in [0.2, 0.25) is 5.89 Å². The topological polar surface area (TPSA) is 115 Å². The van der Waals surface area contributed by atoms with Crippen LogP contribution in [0.4, 0.5) is 18.9 Å². The molecule has 9 nitrogen and oxygen atoms in total. The molecule has 38 heavy (non-hydrogen) atoms. The number of fused-ring (bicyclic) bond motifs is 1. The minimum absolute atomic E-state index is 0.0655. The number of nitrogens with zero attached hydrogens (tertiary/aromatic N) is 2. The number of anilines is 1. The second kappa shape index (κ2) is 9.89. The number of aromatic nitrogens is 2. The first-order valence-electron chi connectivity index (χ1n) is 11.3. The van der Waals surface area contributed by atoms with Crippen molar-refractivity contribution in [2.75, 3.05) is 18.0 Å². The van der Waals surface area contributed by atoms with Crippen LogP contribution in [0.5, 0.6) is 11.5 Å². The molecule has 0 fully saturated rings. The first kappa shape index (κ1) is 25.4. The van der Waals surface area contributed by atoms with Crippen molar-refractivity contribution in [3.63, 3.8) is 0 Å². The molecule has 0 spiro atoms. The van der Waals surface area contributed by atoms with Crippen LogP contribution in [-0.4, -0.2) is 38.4 Å². The number of aromatic amines is 1. The molecule has 0 saturated carbocycles. The van der Waals surface area contributed by atoms with Crippen molar-refractivity contribution in [2.45, 2.75) is 23.8 Å². The highest BCUT2D eigenvalue weighted by molar-refractivity contribution is 7.92. The lowest BCUT2D eigenvalue weighted by Crippen LogP contribution is -2.43. The predicted octanol–water partition coefficient (Wildman–Crippen LogP) is 4.04. The molecular weight excluding hydrogens is 527 g/mol. The van der Waals surface area contributed by atoms with Gasteiger partial charge in [-0.15, -0.1) is 5.10 Å². The van der Waals surface area contributed by atoms with Crippen LogP contribution in [0.2, 0.25) is 0 Å². The molecule has 1 aliphatic heterocycles. The number of hydrogen-bond acceptors (Lipinski definition) is 7. The Hall–Kier alpha value is -4.26. The van der Waals surface area contributed by atoms with E-state index in [1.807, 2.05) is 0 Å². The molecule has 1 N–H and O–H groups in total. The lowest BCUT2D eigenvalue weighted by Gasteiger charge is -2.35. The summed E-state index contributed by atoms with van der Waals surface area (Å²) in [4.78, 5) is 11.0. The van der Waals surface area contributed by atoms with E-state index in [0.29, 0.717) is 0 Å². The smallest absolute Gasteiger partial charge is 0.434 e. The Morgan fingerprint density at radius 3 is 2.61 bits per heavy atom. The fourth-order valence-corrected chi connectivity index (χ4v) is 5.67. The number of nitrogens with one attached hydrogen (secondary N) is 1. The van der Waals surface area contributed by atoms with Gasteiger partial charge in [0.15, 0.2) is 11.6 Å². The van der Waals surface area contributed by atoms with E-state index in [9.17, 15) is 26.4 Å². The van der Waals surface area contributed by atoms with E-state index >= 15 is 0 Å². The maximum absolute atomic E-state index is 14.5. The van der Waals surface area contributed by atoms with Crippen LogP contribution in [0.15, 0.2) is 68.7 Å². The summed E-state index contributed by atoms with van der Waals surface area (Å²) in [6, 6.07) is 10.4. The fraction of sp³-hybridized carbons (Fsp3) is 0.200. The molecule has 0 radical (unpaired) electrons. The molecule has 4 aromatic rings. The summed E-state index contributed by atoms with van der Waals surface area (Å²) in [5, 5.41) is 5.89. The number of benzene rings is 3. The van der Waals surface area contributed by atoms with Gasteiger partial charge in [0.25, 0.3) is 10.0 Å². The summed E-state index contributed by atoms with van der Waals surface area (Å²) in [5.74, 6) is -2.79. The summed E-state index contributed by atoms with van der Waals surface area (Å²) < 4.78 is 86.9. The highest BCUT2D eigenvalue weighted by Crippen LogP contribution is 2.41. The molecule has 3 aromatic carbocycles. The monoisotopic (exact) mass is 547 g/mol. The lowest BCUT2D eigenvalue weighted by atomic mass is 10.0. The third-order valence-corrected chi connectivity index (χ3v) is 7.78. The van der Waals surface area contributed by atoms with Gasteiger partial charge in [0, 0.05) is 18.1 Å². The van der Waals surface area contributed by atoms with E-state index < -0.39 is 39.3 Å². The molecule has 198 valence electrons. The molecule has 0 unspecified atom stereocenters. The maximum Gasteiger partial charge on any atom is 0.434 e. The molecule has 0 bridgehead atoms. The Kier molecular flexibility index (Phi) is 6.61. The maximum atomic E-state index is 14.5. The molecule has 5 rings (SSSR count). The number of rotatable bonds is 7. The van der Waals surface area contributed by atoms with Crippen molar-refractivity contribution < 1.29 is 35.5 Å². The molecule has 0 saturated heterocycles. The molecular formula is C25H20F3N3O6S. The number of halogens is 3. The molecule has 1 aromatic heterocycles. The van der Waals surface area contributed by atoms with Crippen LogP contribution in [0.25, 0.3) is 11.1 Å². The summed E-state index contributed by atoms with van der Waals surface area (Å²) in [6.07, 6.45) is -0.297. The summed E-state index contributed by atoms with van der Waals surface area (Å²) in [7, 11) is -3.10. The zero-order chi connectivity index (χ0) is 27.0. The van der Waals surface area contributed by atoms with Crippen molar-refractivity contribution in [1.82, 2.24) is 10.2 Å². The molecule has 0 amide bonds. The van der Waals surface area contributed by atoms with Gasteiger partial charge in [0.1, 0.15) is 23.5 Å². The number of H-pyrrole nitrogens is 1. The summed E-state index contributed by atoms with van der Waals surface area (Å²) in [6.45, 7) is -0.182. The van der Waals surface area contributed by atoms with Crippen LogP contribution >= 0.6 is 0 Å². The van der Waals surface area contributed by atoms with Crippen molar-refractivity contribution in [1.29, 1.82) is 0 Å². The number of hydrogen-bond donors (Lipinski definition) is 1. The Morgan fingerprint density at radius 2 is 1.87 bits per heavy atom. The van der Waals surface area contributed by atoms with Gasteiger partial charge in [-0.1, -0.05) is 6.07 Å². The third kappa shape index (κ3) is 4.84. The van der Waals surface area contributed by atoms with Crippen molar-refractivity contribution >= 4 is 15.7 Å². The largest absolute Gasteiger partial charge is 0.494 e. The first-order chi connectivity index (χ1) is 18.2. The van der Waals surface area contributed by atoms with E-state index in [-0.39, 0.29) is 58.5 Å². The van der Waals surface area contributed by atoms with Crippen molar-refractivity contribution in [3.05, 3.63) is 88.5 Å². The standard InChI is InChI=1S/C25H20F3N3O6S/c1-35-23-12-17(5-7-20(23)28)38(33,34)31-13-16(4-9-24-29-30-25(32)37-24)36-22-8-2-14(10-21(22)31)18-11-15(26)3-6-19(18)27/h2-3,5-8,10-12,16H,4,9,13H2,1H3,(H,30,32)/t16-/m0/s1. The zero-order valence-corrected chi connectivity index (χ0v) is 20.6. The molecule has 13 heteroatoms. The van der Waals surface area contributed by atoms with E-state index in [1.54, 1.807) is 0 Å². The number of ether oxygens (including phenoxy) is 2. The quantitative estimate of drug-likeness (QED) is 0.371. The van der Waals surface area contributed by atoms with Crippen LogP contribution in [0.1, 0.15) is 12.3 Å². The number of aryl methyl sites for hydroxylation is 1. The predicted molar refractivity (Wildman–Crippen MR) is 129 cm³/mol. The van der Waals surface area contributed by atoms with Gasteiger partial charge in [-0.25, -0.2) is 31.5 Å². The van der Waals surface area contributed by atoms with Gasteiger partial charge < -0.3 is 13.9 Å². The van der Waals surface area contributed by atoms with Gasteiger partial charge in [-0.3, -0.25) is 4.31 Å². The lowest BCUT2D eigenvalue weighted by molar-refractivity contribution is 0.187. The second-order valence-electron chi connectivity index (χ2n) is 8.42. The van der Waals surface area contributed by atoms with Crippen molar-refractivity contribution in [3.8, 4) is 22.6 Å². The van der Waals surface area contributed by atoms with Gasteiger partial charge in [0.05, 0.1) is 24.2 Å². The minimum Gasteiger partial charge on any atom is -0.494 e. The highest BCUT2D eigenvalue weighted by atomic mass is 32.2.